The fraction of sp³-hybridized carbons (Fsp3) is 0.800. The number of likely N-dealkylation sites (tertiary alicyclic amines) is 1. The maximum absolute atomic E-state index is 9.40. The summed E-state index contributed by atoms with van der Waals surface area (Å²) in [6.07, 6.45) is 6.16. The Balaban J connectivity index is 1.88. The Morgan fingerprint density at radius 3 is 2.95 bits per heavy atom. The van der Waals surface area contributed by atoms with Crippen molar-refractivity contribution >= 4 is 11.3 Å². The first-order valence-electron chi connectivity index (χ1n) is 7.40. The number of aliphatic hydroxyl groups excluding tert-OH is 1. The third-order valence-corrected chi connectivity index (χ3v) is 4.88. The Labute approximate surface area is 120 Å². The van der Waals surface area contributed by atoms with E-state index in [1.165, 1.54) is 35.8 Å². The van der Waals surface area contributed by atoms with Gasteiger partial charge in [0.25, 0.3) is 0 Å². The summed E-state index contributed by atoms with van der Waals surface area (Å²) in [5.74, 6) is 0.752. The van der Waals surface area contributed by atoms with E-state index in [1.54, 1.807) is 11.3 Å². The van der Waals surface area contributed by atoms with Gasteiger partial charge >= 0.3 is 0 Å². The number of hydrogen-bond acceptors (Lipinski definition) is 4. The van der Waals surface area contributed by atoms with Gasteiger partial charge in [0.1, 0.15) is 0 Å². The van der Waals surface area contributed by atoms with E-state index in [4.69, 9.17) is 0 Å². The molecule has 2 unspecified atom stereocenters. The molecular formula is C15H26N2OS. The third kappa shape index (κ3) is 4.55. The lowest BCUT2D eigenvalue weighted by Crippen LogP contribution is -2.40. The van der Waals surface area contributed by atoms with Crippen LogP contribution in [0.15, 0.2) is 6.20 Å². The lowest BCUT2D eigenvalue weighted by atomic mass is 9.94. The quantitative estimate of drug-likeness (QED) is 0.902. The molecule has 108 valence electrons. The van der Waals surface area contributed by atoms with Gasteiger partial charge in [0.05, 0.1) is 11.1 Å². The zero-order valence-electron chi connectivity index (χ0n) is 12.3. The summed E-state index contributed by atoms with van der Waals surface area (Å²) in [5.41, 5.74) is 0. The molecule has 2 rings (SSSR count). The van der Waals surface area contributed by atoms with Crippen molar-refractivity contribution in [3.8, 4) is 0 Å². The first-order chi connectivity index (χ1) is 9.04. The molecule has 2 atom stereocenters. The number of rotatable bonds is 5. The van der Waals surface area contributed by atoms with Crippen molar-refractivity contribution in [1.82, 2.24) is 9.88 Å². The molecule has 1 aromatic heterocycles. The third-order valence-electron chi connectivity index (χ3n) is 3.84. The van der Waals surface area contributed by atoms with Gasteiger partial charge in [-0.1, -0.05) is 0 Å². The van der Waals surface area contributed by atoms with Crippen LogP contribution < -0.4 is 0 Å². The molecule has 0 spiro atoms. The average Bonchev–Trinajstić information content (AvgIpc) is 2.76. The lowest BCUT2D eigenvalue weighted by Gasteiger charge is -2.35. The summed E-state index contributed by atoms with van der Waals surface area (Å²) in [4.78, 5) is 8.31. The van der Waals surface area contributed by atoms with Crippen molar-refractivity contribution in [1.29, 1.82) is 0 Å². The highest BCUT2D eigenvalue weighted by Crippen LogP contribution is 2.24. The molecular weight excluding hydrogens is 256 g/mol. The Hall–Kier alpha value is -0.450. The van der Waals surface area contributed by atoms with Crippen LogP contribution >= 0.6 is 11.3 Å². The minimum atomic E-state index is -0.264. The minimum absolute atomic E-state index is 0.264. The molecule has 19 heavy (non-hydrogen) atoms. The molecule has 0 saturated carbocycles. The SMILES string of the molecule is CC(O)Cc1cnc(CC2CCCN(C(C)C)C2)s1. The summed E-state index contributed by atoms with van der Waals surface area (Å²) in [7, 11) is 0. The molecule has 3 nitrogen and oxygen atoms in total. The highest BCUT2D eigenvalue weighted by atomic mass is 32.1. The monoisotopic (exact) mass is 282 g/mol. The minimum Gasteiger partial charge on any atom is -0.393 e. The summed E-state index contributed by atoms with van der Waals surface area (Å²) in [6, 6.07) is 0.657. The van der Waals surface area contributed by atoms with Crippen LogP contribution in [0.25, 0.3) is 0 Å². The number of aromatic nitrogens is 1. The lowest BCUT2D eigenvalue weighted by molar-refractivity contribution is 0.139. The van der Waals surface area contributed by atoms with E-state index in [0.29, 0.717) is 6.04 Å². The van der Waals surface area contributed by atoms with Crippen LogP contribution in [0.3, 0.4) is 0 Å². The van der Waals surface area contributed by atoms with Gasteiger partial charge in [-0.05, 0) is 46.1 Å². The number of aliphatic hydroxyl groups is 1. The second-order valence-corrected chi connectivity index (χ2v) is 7.27. The van der Waals surface area contributed by atoms with Gasteiger partial charge in [0.2, 0.25) is 0 Å². The van der Waals surface area contributed by atoms with Gasteiger partial charge in [-0.3, -0.25) is 0 Å². The van der Waals surface area contributed by atoms with E-state index in [9.17, 15) is 5.11 Å². The van der Waals surface area contributed by atoms with Crippen molar-refractivity contribution < 1.29 is 5.11 Å². The van der Waals surface area contributed by atoms with Gasteiger partial charge < -0.3 is 10.0 Å². The van der Waals surface area contributed by atoms with Gasteiger partial charge in [-0.15, -0.1) is 11.3 Å². The Morgan fingerprint density at radius 2 is 2.26 bits per heavy atom. The fourth-order valence-electron chi connectivity index (χ4n) is 2.81. The Morgan fingerprint density at radius 1 is 1.47 bits per heavy atom. The van der Waals surface area contributed by atoms with Gasteiger partial charge in [0.15, 0.2) is 0 Å². The predicted octanol–water partition coefficient (Wildman–Crippen LogP) is 2.73. The van der Waals surface area contributed by atoms with E-state index in [2.05, 4.69) is 23.7 Å². The number of thiazole rings is 1. The fourth-order valence-corrected chi connectivity index (χ4v) is 3.96. The smallest absolute Gasteiger partial charge is 0.0930 e. The molecule has 1 aliphatic heterocycles. The highest BCUT2D eigenvalue weighted by molar-refractivity contribution is 7.11. The zero-order chi connectivity index (χ0) is 13.8. The molecule has 1 fully saturated rings. The first-order valence-corrected chi connectivity index (χ1v) is 8.22. The van der Waals surface area contributed by atoms with E-state index in [1.807, 2.05) is 13.1 Å². The molecule has 4 heteroatoms. The summed E-state index contributed by atoms with van der Waals surface area (Å²) < 4.78 is 0. The van der Waals surface area contributed by atoms with Crippen LogP contribution in [0.1, 0.15) is 43.5 Å². The van der Waals surface area contributed by atoms with E-state index in [-0.39, 0.29) is 6.10 Å². The molecule has 1 aliphatic rings. The maximum Gasteiger partial charge on any atom is 0.0930 e. The van der Waals surface area contributed by atoms with Crippen LogP contribution in [-0.4, -0.2) is 40.2 Å². The molecule has 1 N–H and O–H groups in total. The van der Waals surface area contributed by atoms with E-state index in [0.717, 1.165) is 18.8 Å². The predicted molar refractivity (Wildman–Crippen MR) is 80.6 cm³/mol. The van der Waals surface area contributed by atoms with Crippen LogP contribution in [0.5, 0.6) is 0 Å². The second kappa shape index (κ2) is 6.82. The molecule has 0 aliphatic carbocycles. The van der Waals surface area contributed by atoms with Gasteiger partial charge in [0, 0.05) is 36.5 Å². The van der Waals surface area contributed by atoms with Crippen molar-refractivity contribution in [2.24, 2.45) is 5.92 Å². The molecule has 0 radical (unpaired) electrons. The highest BCUT2D eigenvalue weighted by Gasteiger charge is 2.22. The molecule has 0 amide bonds. The largest absolute Gasteiger partial charge is 0.393 e. The van der Waals surface area contributed by atoms with Crippen LogP contribution in [0.2, 0.25) is 0 Å². The summed E-state index contributed by atoms with van der Waals surface area (Å²) in [5, 5.41) is 10.6. The second-order valence-electron chi connectivity index (χ2n) is 6.07. The number of piperidine rings is 1. The molecule has 2 heterocycles. The molecule has 0 bridgehead atoms. The zero-order valence-corrected chi connectivity index (χ0v) is 13.1. The van der Waals surface area contributed by atoms with Crippen molar-refractivity contribution in [2.75, 3.05) is 13.1 Å². The summed E-state index contributed by atoms with van der Waals surface area (Å²) >= 11 is 1.77. The van der Waals surface area contributed by atoms with Crippen molar-refractivity contribution in [2.45, 2.75) is 58.6 Å². The topological polar surface area (TPSA) is 36.4 Å². The Kier molecular flexibility index (Phi) is 5.37. The summed E-state index contributed by atoms with van der Waals surface area (Å²) in [6.45, 7) is 8.86. The van der Waals surface area contributed by atoms with Gasteiger partial charge in [-0.25, -0.2) is 4.98 Å². The normalized spacial score (nSPS) is 22.9. The van der Waals surface area contributed by atoms with Crippen LogP contribution in [-0.2, 0) is 12.8 Å². The Bertz CT molecular complexity index is 389. The van der Waals surface area contributed by atoms with Crippen LogP contribution in [0, 0.1) is 5.92 Å². The van der Waals surface area contributed by atoms with Crippen molar-refractivity contribution in [3.05, 3.63) is 16.1 Å². The van der Waals surface area contributed by atoms with Crippen LogP contribution in [0.4, 0.5) is 0 Å². The maximum atomic E-state index is 9.40. The standard InChI is InChI=1S/C15H26N2OS/c1-11(2)17-6-4-5-13(10-17)8-15-16-9-14(19-15)7-12(3)18/h9,11-13,18H,4-8,10H2,1-3H3. The number of hydrogen-bond donors (Lipinski definition) is 1. The number of nitrogens with zero attached hydrogens (tertiary/aromatic N) is 2. The van der Waals surface area contributed by atoms with Gasteiger partial charge in [-0.2, -0.15) is 0 Å². The molecule has 1 aromatic rings. The van der Waals surface area contributed by atoms with E-state index < -0.39 is 0 Å². The first kappa shape index (κ1) is 14.9. The average molecular weight is 282 g/mol. The van der Waals surface area contributed by atoms with Crippen molar-refractivity contribution in [3.63, 3.8) is 0 Å². The molecule has 1 saturated heterocycles. The molecule has 0 aromatic carbocycles. The van der Waals surface area contributed by atoms with E-state index >= 15 is 0 Å².